The number of hydrogen-bond acceptors (Lipinski definition) is 8. The highest BCUT2D eigenvalue weighted by atomic mass is 32.2. The molecule has 3 rings (SSSR count). The third-order valence-corrected chi connectivity index (χ3v) is 14.0. The summed E-state index contributed by atoms with van der Waals surface area (Å²) in [6.07, 6.45) is 2.54. The molecule has 3 fully saturated rings. The van der Waals surface area contributed by atoms with E-state index in [4.69, 9.17) is 25.3 Å². The molecule has 24 heavy (non-hydrogen) atoms. The summed E-state index contributed by atoms with van der Waals surface area (Å²) in [4.78, 5) is 0. The van der Waals surface area contributed by atoms with E-state index in [1.807, 2.05) is 0 Å². The first-order valence-corrected chi connectivity index (χ1v) is 16.2. The lowest BCUT2D eigenvalue weighted by Gasteiger charge is -2.33. The van der Waals surface area contributed by atoms with E-state index >= 15 is 0 Å². The molecule has 0 bridgehead atoms. The molecule has 0 nitrogen and oxygen atoms in total. The van der Waals surface area contributed by atoms with Gasteiger partial charge in [-0.3, -0.25) is 0 Å². The van der Waals surface area contributed by atoms with Crippen molar-refractivity contribution in [1.29, 1.82) is 0 Å². The average molecular weight is 477 g/mol. The van der Waals surface area contributed by atoms with Crippen LogP contribution in [0.25, 0.3) is 0 Å². The summed E-state index contributed by atoms with van der Waals surface area (Å²) < 4.78 is 0. The fourth-order valence-corrected chi connectivity index (χ4v) is 11.5. The molecule has 6 atom stereocenters. The molecule has 0 aromatic rings. The van der Waals surface area contributed by atoms with Gasteiger partial charge in [-0.25, -0.2) is 0 Å². The predicted octanol–water partition coefficient (Wildman–Crippen LogP) is 5.28. The molecule has 3 saturated heterocycles. The molecule has 0 radical (unpaired) electrons. The summed E-state index contributed by atoms with van der Waals surface area (Å²) >= 11 is 22.7. The van der Waals surface area contributed by atoms with E-state index in [9.17, 15) is 0 Å². The van der Waals surface area contributed by atoms with Crippen molar-refractivity contribution in [3.63, 3.8) is 0 Å². The topological polar surface area (TPSA) is 0 Å². The zero-order chi connectivity index (χ0) is 16.8. The van der Waals surface area contributed by atoms with Crippen molar-refractivity contribution in [3.8, 4) is 0 Å². The summed E-state index contributed by atoms with van der Waals surface area (Å²) in [6, 6.07) is 0. The van der Waals surface area contributed by atoms with Gasteiger partial charge in [0.2, 0.25) is 0 Å². The lowest BCUT2D eigenvalue weighted by atomic mass is 10.2. The van der Waals surface area contributed by atoms with E-state index < -0.39 is 0 Å². The fraction of sp³-hybridized carbons (Fsp3) is 1.00. The molecule has 8 heteroatoms. The Morgan fingerprint density at radius 2 is 1.12 bits per heavy atom. The van der Waals surface area contributed by atoms with Crippen LogP contribution in [-0.4, -0.2) is 77.5 Å². The van der Waals surface area contributed by atoms with Gasteiger partial charge in [-0.1, -0.05) is 0 Å². The Kier molecular flexibility index (Phi) is 10.5. The van der Waals surface area contributed by atoms with E-state index in [0.717, 1.165) is 21.0 Å². The Balaban J connectivity index is 1.22. The molecule has 0 N–H and O–H groups in total. The molecule has 0 amide bonds. The Hall–Kier alpha value is 2.80. The molecule has 140 valence electrons. The zero-order valence-electron chi connectivity index (χ0n) is 13.9. The molecule has 0 aromatic carbocycles. The van der Waals surface area contributed by atoms with Crippen LogP contribution in [0, 0.1) is 0 Å². The van der Waals surface area contributed by atoms with Gasteiger partial charge in [0, 0.05) is 66.0 Å². The summed E-state index contributed by atoms with van der Waals surface area (Å²) in [5.74, 6) is 10.7. The summed E-state index contributed by atoms with van der Waals surface area (Å²) in [6.45, 7) is 0. The van der Waals surface area contributed by atoms with Crippen molar-refractivity contribution in [2.75, 3.05) is 46.0 Å². The molecule has 3 aliphatic heterocycles. The van der Waals surface area contributed by atoms with Crippen LogP contribution < -0.4 is 0 Å². The number of hydrogen-bond donors (Lipinski definition) is 2. The van der Waals surface area contributed by atoms with E-state index in [-0.39, 0.29) is 0 Å². The highest BCUT2D eigenvalue weighted by Gasteiger charge is 2.30. The molecule has 0 aromatic heterocycles. The highest BCUT2D eigenvalue weighted by molar-refractivity contribution is 8.09. The molecule has 0 saturated carbocycles. The van der Waals surface area contributed by atoms with Crippen LogP contribution in [0.2, 0.25) is 0 Å². The lowest BCUT2D eigenvalue weighted by molar-refractivity contribution is 0.789. The van der Waals surface area contributed by atoms with Crippen LogP contribution in [0.3, 0.4) is 0 Å². The normalized spacial score (nSPS) is 34.8. The third-order valence-electron chi connectivity index (χ3n) is 4.34. The second-order valence-electron chi connectivity index (χ2n) is 6.52. The Bertz CT molecular complexity index is 318. The van der Waals surface area contributed by atoms with Crippen LogP contribution in [0.4, 0.5) is 0 Å². The first-order chi connectivity index (χ1) is 11.7. The molecule has 6 unspecified atom stereocenters. The van der Waals surface area contributed by atoms with Gasteiger partial charge in [0.25, 0.3) is 0 Å². The molecule has 3 aliphatic rings. The Labute approximate surface area is 184 Å². The van der Waals surface area contributed by atoms with E-state index in [0.29, 0.717) is 10.5 Å². The third kappa shape index (κ3) is 8.44. The van der Waals surface area contributed by atoms with Crippen molar-refractivity contribution >= 4 is 95.8 Å². The largest absolute Gasteiger partial charge is 0.175 e. The maximum absolute atomic E-state index is 4.91. The highest BCUT2D eigenvalue weighted by Crippen LogP contribution is 2.39. The number of thiol groups is 2. The number of rotatable bonds is 12. The van der Waals surface area contributed by atoms with Gasteiger partial charge >= 0.3 is 0 Å². The fourth-order valence-electron chi connectivity index (χ4n) is 2.52. The maximum atomic E-state index is 4.91. The van der Waals surface area contributed by atoms with Crippen molar-refractivity contribution in [2.45, 2.75) is 44.3 Å². The van der Waals surface area contributed by atoms with Crippen LogP contribution in [0.15, 0.2) is 0 Å². The second kappa shape index (κ2) is 11.7. The van der Waals surface area contributed by atoms with Gasteiger partial charge in [-0.2, -0.15) is 95.8 Å². The van der Waals surface area contributed by atoms with Crippen LogP contribution >= 0.6 is 95.8 Å². The van der Waals surface area contributed by atoms with Crippen molar-refractivity contribution in [3.05, 3.63) is 0 Å². The van der Waals surface area contributed by atoms with Gasteiger partial charge in [0.15, 0.2) is 0 Å². The summed E-state index contributed by atoms with van der Waals surface area (Å²) in [7, 11) is 0. The summed E-state index contributed by atoms with van der Waals surface area (Å²) in [5, 5.41) is 4.59. The molecule has 3 heterocycles. The van der Waals surface area contributed by atoms with Crippen LogP contribution in [-0.2, 0) is 0 Å². The molecular formula is C16H28S8. The van der Waals surface area contributed by atoms with E-state index in [1.165, 1.54) is 58.9 Å². The quantitative estimate of drug-likeness (QED) is 0.222. The lowest BCUT2D eigenvalue weighted by Crippen LogP contribution is -2.33. The first-order valence-electron chi connectivity index (χ1n) is 8.70. The second-order valence-corrected chi connectivity index (χ2v) is 15.4. The Morgan fingerprint density at radius 1 is 0.708 bits per heavy atom. The van der Waals surface area contributed by atoms with Gasteiger partial charge in [0.1, 0.15) is 0 Å². The van der Waals surface area contributed by atoms with Gasteiger partial charge in [-0.05, 0) is 24.3 Å². The standard InChI is InChI=1S/C16H28S8/c17-13(1-3-19-5-11-7-21-11)15-9-24-16(10-23-15)14(18)2-4-20-6-12-8-22-12/h11-18H,1-10H2. The first kappa shape index (κ1) is 21.5. The number of thioether (sulfide) groups is 6. The minimum atomic E-state index is 0.577. The minimum absolute atomic E-state index is 0.577. The monoisotopic (exact) mass is 476 g/mol. The van der Waals surface area contributed by atoms with Gasteiger partial charge < -0.3 is 0 Å². The smallest absolute Gasteiger partial charge is 0.0255 e. The Morgan fingerprint density at radius 3 is 1.46 bits per heavy atom. The molecule has 0 aliphatic carbocycles. The van der Waals surface area contributed by atoms with Crippen molar-refractivity contribution in [2.24, 2.45) is 0 Å². The van der Waals surface area contributed by atoms with E-state index in [2.05, 4.69) is 70.6 Å². The van der Waals surface area contributed by atoms with E-state index in [1.54, 1.807) is 0 Å². The molecular weight excluding hydrogens is 449 g/mol. The van der Waals surface area contributed by atoms with Gasteiger partial charge in [0.05, 0.1) is 0 Å². The predicted molar refractivity (Wildman–Crippen MR) is 134 cm³/mol. The van der Waals surface area contributed by atoms with Crippen LogP contribution in [0.1, 0.15) is 12.8 Å². The average Bonchev–Trinajstić information content (AvgIpc) is 3.50. The summed E-state index contributed by atoms with van der Waals surface area (Å²) in [5.41, 5.74) is 0. The zero-order valence-corrected chi connectivity index (χ0v) is 20.6. The maximum Gasteiger partial charge on any atom is 0.0255 e. The molecule has 0 spiro atoms. The van der Waals surface area contributed by atoms with Gasteiger partial charge in [-0.15, -0.1) is 0 Å². The van der Waals surface area contributed by atoms with Crippen molar-refractivity contribution < 1.29 is 0 Å². The van der Waals surface area contributed by atoms with Crippen LogP contribution in [0.5, 0.6) is 0 Å². The SMILES string of the molecule is SC(CCSCC1CS1)C1CSC(C(S)CCSCC2CS2)CS1. The minimum Gasteiger partial charge on any atom is -0.175 e. The van der Waals surface area contributed by atoms with Crippen molar-refractivity contribution in [1.82, 2.24) is 0 Å².